The third-order valence-corrected chi connectivity index (χ3v) is 7.19. The second-order valence-corrected chi connectivity index (χ2v) is 12.1. The summed E-state index contributed by atoms with van der Waals surface area (Å²) in [6, 6.07) is 10.7. The van der Waals surface area contributed by atoms with Gasteiger partial charge in [0.1, 0.15) is 11.8 Å². The summed E-state index contributed by atoms with van der Waals surface area (Å²) in [7, 11) is -3.57. The van der Waals surface area contributed by atoms with Crippen LogP contribution in [-0.2, 0) is 14.8 Å². The summed E-state index contributed by atoms with van der Waals surface area (Å²) in [6.07, 6.45) is 2.13. The van der Waals surface area contributed by atoms with E-state index in [0.717, 1.165) is 37.9 Å². The maximum atomic E-state index is 12.5. The number of carbonyl (C=O) groups is 2. The molecule has 12 heteroatoms. The first-order chi connectivity index (χ1) is 18.3. The average molecular weight is 563 g/mol. The van der Waals surface area contributed by atoms with Gasteiger partial charge in [0.2, 0.25) is 10.0 Å². The van der Waals surface area contributed by atoms with Crippen LogP contribution in [0.4, 0.5) is 11.4 Å². The van der Waals surface area contributed by atoms with Gasteiger partial charge in [0.05, 0.1) is 18.0 Å². The standard InChI is InChI=1S/C27H38N4O7S/c1-17(2)14-23(27(35)36)29-26(34)18-4-7-21(8-5-18)31-12-10-20(11-13-31)28-16-25(33)19-6-9-24(32)22(15-19)30-39(3,37)38/h4-9,15,17,20,23,25,28,30,32-33H,10-14,16H2,1-3H3,(H,29,34)(H,35,36). The summed E-state index contributed by atoms with van der Waals surface area (Å²) >= 11 is 0. The molecule has 1 saturated heterocycles. The van der Waals surface area contributed by atoms with Gasteiger partial charge in [0.15, 0.2) is 0 Å². The topological polar surface area (TPSA) is 168 Å². The summed E-state index contributed by atoms with van der Waals surface area (Å²) in [5, 5.41) is 35.8. The SMILES string of the molecule is CC(C)CC(NC(=O)c1ccc(N2CCC(NCC(O)c3ccc(O)c(NS(C)(=O)=O)c3)CC2)cc1)C(=O)O. The van der Waals surface area contributed by atoms with Crippen molar-refractivity contribution in [3.63, 3.8) is 0 Å². The minimum atomic E-state index is -3.57. The number of sulfonamides is 1. The lowest BCUT2D eigenvalue weighted by atomic mass is 10.0. The zero-order chi connectivity index (χ0) is 28.7. The van der Waals surface area contributed by atoms with E-state index in [0.29, 0.717) is 17.5 Å². The van der Waals surface area contributed by atoms with Crippen LogP contribution < -0.4 is 20.3 Å². The summed E-state index contributed by atoms with van der Waals surface area (Å²) in [5.74, 6) is -1.54. The Morgan fingerprint density at radius 3 is 2.28 bits per heavy atom. The Morgan fingerprint density at radius 1 is 1.08 bits per heavy atom. The lowest BCUT2D eigenvalue weighted by molar-refractivity contribution is -0.139. The first-order valence-electron chi connectivity index (χ1n) is 12.9. The van der Waals surface area contributed by atoms with Crippen molar-refractivity contribution < 1.29 is 33.3 Å². The molecule has 0 spiro atoms. The van der Waals surface area contributed by atoms with Crippen LogP contribution in [0.3, 0.4) is 0 Å². The molecule has 6 N–H and O–H groups in total. The Morgan fingerprint density at radius 2 is 1.72 bits per heavy atom. The molecule has 39 heavy (non-hydrogen) atoms. The number of rotatable bonds is 12. The number of nitrogens with one attached hydrogen (secondary N) is 3. The zero-order valence-electron chi connectivity index (χ0n) is 22.4. The predicted molar refractivity (Wildman–Crippen MR) is 150 cm³/mol. The minimum Gasteiger partial charge on any atom is -0.506 e. The fourth-order valence-electron chi connectivity index (χ4n) is 4.54. The lowest BCUT2D eigenvalue weighted by Gasteiger charge is -2.34. The number of phenols is 1. The molecule has 1 fully saturated rings. The number of anilines is 2. The molecule has 1 aliphatic rings. The largest absolute Gasteiger partial charge is 0.506 e. The maximum Gasteiger partial charge on any atom is 0.326 e. The molecule has 11 nitrogen and oxygen atoms in total. The number of carboxylic acid groups (broad SMARTS) is 1. The lowest BCUT2D eigenvalue weighted by Crippen LogP contribution is -2.43. The molecule has 2 aromatic carbocycles. The Hall–Kier alpha value is -3.35. The highest BCUT2D eigenvalue weighted by Crippen LogP contribution is 2.28. The van der Waals surface area contributed by atoms with Crippen molar-refractivity contribution in [2.75, 3.05) is 35.5 Å². The second-order valence-electron chi connectivity index (χ2n) is 10.4. The third kappa shape index (κ3) is 9.12. The van der Waals surface area contributed by atoms with Crippen molar-refractivity contribution in [2.45, 2.75) is 51.3 Å². The summed E-state index contributed by atoms with van der Waals surface area (Å²) in [6.45, 7) is 5.63. The molecule has 0 aliphatic carbocycles. The number of amides is 1. The number of aromatic hydroxyl groups is 1. The van der Waals surface area contributed by atoms with Crippen molar-refractivity contribution in [2.24, 2.45) is 5.92 Å². The quantitative estimate of drug-likeness (QED) is 0.213. The fraction of sp³-hybridized carbons (Fsp3) is 0.481. The summed E-state index contributed by atoms with van der Waals surface area (Å²) < 4.78 is 25.2. The van der Waals surface area contributed by atoms with Crippen LogP contribution in [0.5, 0.6) is 5.75 Å². The van der Waals surface area contributed by atoms with Crippen LogP contribution in [0.15, 0.2) is 42.5 Å². The monoisotopic (exact) mass is 562 g/mol. The Balaban J connectivity index is 1.49. The van der Waals surface area contributed by atoms with E-state index in [1.54, 1.807) is 18.2 Å². The van der Waals surface area contributed by atoms with Crippen molar-refractivity contribution in [3.05, 3.63) is 53.6 Å². The number of hydrogen-bond acceptors (Lipinski definition) is 8. The van der Waals surface area contributed by atoms with Gasteiger partial charge in [-0.1, -0.05) is 19.9 Å². The van der Waals surface area contributed by atoms with Gasteiger partial charge < -0.3 is 30.9 Å². The van der Waals surface area contributed by atoms with Crippen molar-refractivity contribution in [1.29, 1.82) is 0 Å². The highest BCUT2D eigenvalue weighted by molar-refractivity contribution is 7.92. The molecule has 0 aromatic heterocycles. The number of aliphatic carboxylic acids is 1. The van der Waals surface area contributed by atoms with Gasteiger partial charge in [-0.05, 0) is 67.1 Å². The van der Waals surface area contributed by atoms with E-state index in [9.17, 15) is 33.3 Å². The van der Waals surface area contributed by atoms with Gasteiger partial charge in [-0.3, -0.25) is 9.52 Å². The number of piperidine rings is 1. The highest BCUT2D eigenvalue weighted by atomic mass is 32.2. The van der Waals surface area contributed by atoms with Crippen LogP contribution in [0.25, 0.3) is 0 Å². The van der Waals surface area contributed by atoms with Gasteiger partial charge in [0.25, 0.3) is 5.91 Å². The average Bonchev–Trinajstić information content (AvgIpc) is 2.87. The van der Waals surface area contributed by atoms with Crippen molar-refractivity contribution >= 4 is 33.3 Å². The van der Waals surface area contributed by atoms with Crippen LogP contribution >= 0.6 is 0 Å². The molecule has 3 rings (SSSR count). The zero-order valence-corrected chi connectivity index (χ0v) is 23.2. The second kappa shape index (κ2) is 13.1. The van der Waals surface area contributed by atoms with Crippen LogP contribution in [0.1, 0.15) is 55.1 Å². The summed E-state index contributed by atoms with van der Waals surface area (Å²) in [5.41, 5.74) is 1.87. The van der Waals surface area contributed by atoms with E-state index in [2.05, 4.69) is 20.3 Å². The number of nitrogens with zero attached hydrogens (tertiary/aromatic N) is 1. The fourth-order valence-corrected chi connectivity index (χ4v) is 5.10. The van der Waals surface area contributed by atoms with Crippen LogP contribution in [-0.4, -0.2) is 73.6 Å². The highest BCUT2D eigenvalue weighted by Gasteiger charge is 2.23. The molecule has 2 atom stereocenters. The van der Waals surface area contributed by atoms with Crippen LogP contribution in [0, 0.1) is 5.92 Å². The molecule has 0 bridgehead atoms. The molecule has 0 radical (unpaired) electrons. The van der Waals surface area contributed by atoms with Crippen molar-refractivity contribution in [3.8, 4) is 5.75 Å². The number of hydrogen-bond donors (Lipinski definition) is 6. The summed E-state index contributed by atoms with van der Waals surface area (Å²) in [4.78, 5) is 26.2. The first kappa shape index (κ1) is 30.2. The Labute approximate surface area is 229 Å². The Bertz CT molecular complexity index is 1240. The van der Waals surface area contributed by atoms with Gasteiger partial charge in [-0.25, -0.2) is 13.2 Å². The number of aliphatic hydroxyl groups excluding tert-OH is 1. The van der Waals surface area contributed by atoms with Gasteiger partial charge >= 0.3 is 5.97 Å². The third-order valence-electron chi connectivity index (χ3n) is 6.60. The predicted octanol–water partition coefficient (Wildman–Crippen LogP) is 2.28. The molecule has 1 amide bonds. The van der Waals surface area contributed by atoms with E-state index in [1.807, 2.05) is 26.0 Å². The molecular weight excluding hydrogens is 524 g/mol. The van der Waals surface area contributed by atoms with Crippen molar-refractivity contribution in [1.82, 2.24) is 10.6 Å². The smallest absolute Gasteiger partial charge is 0.326 e. The number of phenolic OH excluding ortho intramolecular Hbond substituents is 1. The number of carbonyl (C=O) groups excluding carboxylic acids is 1. The van der Waals surface area contributed by atoms with E-state index in [4.69, 9.17) is 0 Å². The maximum absolute atomic E-state index is 12.5. The van der Waals surface area contributed by atoms with Gasteiger partial charge in [-0.15, -0.1) is 0 Å². The van der Waals surface area contributed by atoms with E-state index < -0.39 is 34.0 Å². The van der Waals surface area contributed by atoms with E-state index >= 15 is 0 Å². The molecule has 2 aromatic rings. The van der Waals surface area contributed by atoms with E-state index in [1.165, 1.54) is 12.1 Å². The number of aliphatic hydroxyl groups is 1. The number of carboxylic acids is 1. The normalized spacial score (nSPS) is 16.1. The first-order valence-corrected chi connectivity index (χ1v) is 14.8. The molecule has 0 saturated carbocycles. The minimum absolute atomic E-state index is 0.0168. The molecular formula is C27H38N4O7S. The van der Waals surface area contributed by atoms with E-state index in [-0.39, 0.29) is 29.9 Å². The molecule has 1 aliphatic heterocycles. The number of benzene rings is 2. The van der Waals surface area contributed by atoms with Crippen LogP contribution in [0.2, 0.25) is 0 Å². The van der Waals surface area contributed by atoms with Gasteiger partial charge in [0, 0.05) is 36.9 Å². The van der Waals surface area contributed by atoms with Gasteiger partial charge in [-0.2, -0.15) is 0 Å². The molecule has 214 valence electrons. The molecule has 2 unspecified atom stereocenters. The molecule has 1 heterocycles. The Kier molecular flexibility index (Phi) is 10.2.